The van der Waals surface area contributed by atoms with Crippen molar-refractivity contribution in [2.45, 2.75) is 82.8 Å². The van der Waals surface area contributed by atoms with E-state index in [1.807, 2.05) is 16.7 Å². The van der Waals surface area contributed by atoms with E-state index in [9.17, 15) is 9.59 Å². The normalized spacial score (nSPS) is 25.4. The molecule has 0 radical (unpaired) electrons. The molecule has 0 aromatic heterocycles. The lowest BCUT2D eigenvalue weighted by atomic mass is 9.94. The molecule has 0 bridgehead atoms. The molecule has 1 atom stereocenters. The molecular weight excluding hydrogens is 356 g/mol. The van der Waals surface area contributed by atoms with Gasteiger partial charge in [0.1, 0.15) is 0 Å². The molecule has 2 amide bonds. The molecule has 2 saturated heterocycles. The van der Waals surface area contributed by atoms with Gasteiger partial charge in [-0.05, 0) is 51.6 Å². The van der Waals surface area contributed by atoms with Crippen molar-refractivity contribution < 1.29 is 14.7 Å². The zero-order chi connectivity index (χ0) is 19.9. The number of amides is 2. The molecule has 7 heteroatoms. The van der Waals surface area contributed by atoms with Crippen LogP contribution in [0.3, 0.4) is 0 Å². The van der Waals surface area contributed by atoms with Crippen molar-refractivity contribution in [1.29, 1.82) is 0 Å². The first-order valence-corrected chi connectivity index (χ1v) is 11.3. The van der Waals surface area contributed by atoms with Gasteiger partial charge < -0.3 is 15.3 Å². The second kappa shape index (κ2) is 10.4. The lowest BCUT2D eigenvalue weighted by Crippen LogP contribution is -2.52. The van der Waals surface area contributed by atoms with E-state index in [-0.39, 0.29) is 18.6 Å². The van der Waals surface area contributed by atoms with Gasteiger partial charge in [-0.2, -0.15) is 0 Å². The number of likely N-dealkylation sites (N-methyl/N-ethyl adjacent to an activating group) is 1. The van der Waals surface area contributed by atoms with Crippen molar-refractivity contribution >= 4 is 12.0 Å². The number of carboxylic acid groups (broad SMARTS) is 1. The Labute approximate surface area is 169 Å². The minimum absolute atomic E-state index is 0.0511. The van der Waals surface area contributed by atoms with Crippen LogP contribution >= 0.6 is 0 Å². The minimum atomic E-state index is -0.777. The van der Waals surface area contributed by atoms with Crippen LogP contribution < -0.4 is 5.32 Å². The first-order valence-electron chi connectivity index (χ1n) is 11.3. The number of nitrogens with one attached hydrogen (secondary N) is 1. The average molecular weight is 395 g/mol. The molecule has 1 unspecified atom stereocenters. The van der Waals surface area contributed by atoms with Gasteiger partial charge in [-0.3, -0.25) is 14.6 Å². The van der Waals surface area contributed by atoms with E-state index in [0.29, 0.717) is 19.1 Å². The summed E-state index contributed by atoms with van der Waals surface area (Å²) in [7, 11) is 0. The average Bonchev–Trinajstić information content (AvgIpc) is 3.19. The highest BCUT2D eigenvalue weighted by Crippen LogP contribution is 2.29. The molecule has 7 nitrogen and oxygen atoms in total. The van der Waals surface area contributed by atoms with Crippen LogP contribution in [0.15, 0.2) is 0 Å². The second-order valence-electron chi connectivity index (χ2n) is 8.69. The van der Waals surface area contributed by atoms with Gasteiger partial charge in [-0.15, -0.1) is 0 Å². The van der Waals surface area contributed by atoms with Crippen molar-refractivity contribution in [2.75, 3.05) is 39.3 Å². The Morgan fingerprint density at radius 1 is 1.00 bits per heavy atom. The number of nitrogens with zero attached hydrogens (tertiary/aromatic N) is 3. The number of hydrogen-bond acceptors (Lipinski definition) is 4. The monoisotopic (exact) mass is 394 g/mol. The SMILES string of the molecule is CCN(CC(=O)O)C1CCN(C(=O)NCC2CCCN2C2CCCCC2)CC1. The van der Waals surface area contributed by atoms with E-state index in [0.717, 1.165) is 32.0 Å². The predicted molar refractivity (Wildman–Crippen MR) is 109 cm³/mol. The van der Waals surface area contributed by atoms with E-state index < -0.39 is 5.97 Å². The van der Waals surface area contributed by atoms with Crippen LogP contribution in [-0.4, -0.2) is 89.2 Å². The predicted octanol–water partition coefficient (Wildman–Crippen LogP) is 2.36. The molecule has 0 aromatic rings. The highest BCUT2D eigenvalue weighted by molar-refractivity contribution is 5.74. The molecule has 0 spiro atoms. The summed E-state index contributed by atoms with van der Waals surface area (Å²) in [6, 6.07) is 1.54. The fourth-order valence-corrected chi connectivity index (χ4v) is 5.39. The van der Waals surface area contributed by atoms with Crippen LogP contribution in [0, 0.1) is 0 Å². The quantitative estimate of drug-likeness (QED) is 0.693. The standard InChI is InChI=1S/C21H38N4O3/c1-2-23(16-20(26)27)17-10-13-24(14-11-17)21(28)22-15-19-9-6-12-25(19)18-7-4-3-5-8-18/h17-19H,2-16H2,1H3,(H,22,28)(H,26,27). The Balaban J connectivity index is 1.41. The molecule has 160 valence electrons. The number of rotatable bonds is 7. The highest BCUT2D eigenvalue weighted by Gasteiger charge is 2.32. The number of likely N-dealkylation sites (tertiary alicyclic amines) is 2. The Morgan fingerprint density at radius 2 is 1.71 bits per heavy atom. The molecule has 1 aliphatic carbocycles. The number of aliphatic carboxylic acids is 1. The van der Waals surface area contributed by atoms with Crippen molar-refractivity contribution in [3.8, 4) is 0 Å². The van der Waals surface area contributed by atoms with Gasteiger partial charge in [-0.1, -0.05) is 26.2 Å². The Kier molecular flexibility index (Phi) is 7.97. The molecule has 2 heterocycles. The van der Waals surface area contributed by atoms with Crippen molar-refractivity contribution in [1.82, 2.24) is 20.0 Å². The number of urea groups is 1. The van der Waals surface area contributed by atoms with E-state index >= 15 is 0 Å². The van der Waals surface area contributed by atoms with Crippen molar-refractivity contribution in [3.05, 3.63) is 0 Å². The Bertz CT molecular complexity index is 516. The van der Waals surface area contributed by atoms with E-state index in [1.165, 1.54) is 51.5 Å². The van der Waals surface area contributed by atoms with Gasteiger partial charge in [0.15, 0.2) is 0 Å². The molecule has 3 aliphatic rings. The van der Waals surface area contributed by atoms with Gasteiger partial charge in [0.25, 0.3) is 0 Å². The summed E-state index contributed by atoms with van der Waals surface area (Å²) in [6.07, 6.45) is 10.9. The maximum Gasteiger partial charge on any atom is 0.317 e. The third-order valence-corrected chi connectivity index (χ3v) is 6.97. The number of piperidine rings is 1. The number of carboxylic acids is 1. The third kappa shape index (κ3) is 5.60. The molecule has 3 rings (SSSR count). The molecule has 2 aliphatic heterocycles. The lowest BCUT2D eigenvalue weighted by Gasteiger charge is -2.38. The number of hydrogen-bond donors (Lipinski definition) is 2. The summed E-state index contributed by atoms with van der Waals surface area (Å²) >= 11 is 0. The summed E-state index contributed by atoms with van der Waals surface area (Å²) in [5.74, 6) is -0.777. The fourth-order valence-electron chi connectivity index (χ4n) is 5.39. The second-order valence-corrected chi connectivity index (χ2v) is 8.69. The summed E-state index contributed by atoms with van der Waals surface area (Å²) in [5.41, 5.74) is 0. The van der Waals surface area contributed by atoms with Crippen LogP contribution in [0.5, 0.6) is 0 Å². The molecular formula is C21H38N4O3. The van der Waals surface area contributed by atoms with E-state index in [1.54, 1.807) is 0 Å². The lowest BCUT2D eigenvalue weighted by molar-refractivity contribution is -0.139. The maximum atomic E-state index is 12.7. The van der Waals surface area contributed by atoms with Crippen molar-refractivity contribution in [2.24, 2.45) is 0 Å². The van der Waals surface area contributed by atoms with Crippen LogP contribution in [0.4, 0.5) is 4.79 Å². The van der Waals surface area contributed by atoms with Gasteiger partial charge in [0, 0.05) is 37.8 Å². The van der Waals surface area contributed by atoms with Gasteiger partial charge in [0.05, 0.1) is 6.54 Å². The molecule has 28 heavy (non-hydrogen) atoms. The smallest absolute Gasteiger partial charge is 0.317 e. The first kappa shape index (κ1) is 21.4. The number of carbonyl (C=O) groups excluding carboxylic acids is 1. The molecule has 3 fully saturated rings. The zero-order valence-corrected chi connectivity index (χ0v) is 17.4. The Morgan fingerprint density at radius 3 is 2.36 bits per heavy atom. The third-order valence-electron chi connectivity index (χ3n) is 6.97. The topological polar surface area (TPSA) is 76.1 Å². The van der Waals surface area contributed by atoms with Crippen LogP contribution in [-0.2, 0) is 4.79 Å². The van der Waals surface area contributed by atoms with Gasteiger partial charge >= 0.3 is 12.0 Å². The highest BCUT2D eigenvalue weighted by atomic mass is 16.4. The maximum absolute atomic E-state index is 12.7. The molecule has 2 N–H and O–H groups in total. The molecule has 0 aromatic carbocycles. The van der Waals surface area contributed by atoms with E-state index in [4.69, 9.17) is 5.11 Å². The number of carbonyl (C=O) groups is 2. The summed E-state index contributed by atoms with van der Waals surface area (Å²) < 4.78 is 0. The summed E-state index contributed by atoms with van der Waals surface area (Å²) in [5, 5.41) is 12.2. The van der Waals surface area contributed by atoms with E-state index in [2.05, 4.69) is 10.2 Å². The van der Waals surface area contributed by atoms with Crippen LogP contribution in [0.25, 0.3) is 0 Å². The first-order chi connectivity index (χ1) is 13.6. The van der Waals surface area contributed by atoms with Crippen molar-refractivity contribution in [3.63, 3.8) is 0 Å². The summed E-state index contributed by atoms with van der Waals surface area (Å²) in [4.78, 5) is 30.2. The van der Waals surface area contributed by atoms with Gasteiger partial charge in [-0.25, -0.2) is 4.79 Å². The van der Waals surface area contributed by atoms with Crippen LogP contribution in [0.2, 0.25) is 0 Å². The Hall–Kier alpha value is -1.34. The zero-order valence-electron chi connectivity index (χ0n) is 17.4. The molecule has 1 saturated carbocycles. The fraction of sp³-hybridized carbons (Fsp3) is 0.905. The van der Waals surface area contributed by atoms with Crippen LogP contribution in [0.1, 0.15) is 64.7 Å². The largest absolute Gasteiger partial charge is 0.480 e. The minimum Gasteiger partial charge on any atom is -0.480 e. The van der Waals surface area contributed by atoms with Gasteiger partial charge in [0.2, 0.25) is 0 Å². The summed E-state index contributed by atoms with van der Waals surface area (Å²) in [6.45, 7) is 6.20.